The lowest BCUT2D eigenvalue weighted by Gasteiger charge is -2.29. The number of cyclic esters (lactones) is 1. The van der Waals surface area contributed by atoms with E-state index in [4.69, 9.17) is 14.2 Å². The van der Waals surface area contributed by atoms with Crippen molar-refractivity contribution >= 4 is 38.5 Å². The van der Waals surface area contributed by atoms with Crippen LogP contribution in [0.5, 0.6) is 11.5 Å². The van der Waals surface area contributed by atoms with E-state index in [1.807, 2.05) is 49.4 Å². The number of amides is 1. The van der Waals surface area contributed by atoms with Gasteiger partial charge in [-0.1, -0.05) is 40.2 Å². The number of methoxy groups -OCH3 is 2. The zero-order valence-electron chi connectivity index (χ0n) is 15.1. The summed E-state index contributed by atoms with van der Waals surface area (Å²) in [6, 6.07) is 13.7. The van der Waals surface area contributed by atoms with E-state index in [0.29, 0.717) is 11.5 Å². The Morgan fingerprint density at radius 3 is 2.30 bits per heavy atom. The average molecular weight is 428 g/mol. The van der Waals surface area contributed by atoms with E-state index in [1.54, 1.807) is 14.2 Å². The summed E-state index contributed by atoms with van der Waals surface area (Å²) in [6.07, 6.45) is -1.06. The van der Waals surface area contributed by atoms with Gasteiger partial charge < -0.3 is 14.2 Å². The maximum absolute atomic E-state index is 12.3. The first kappa shape index (κ1) is 17.7. The predicted molar refractivity (Wildman–Crippen MR) is 108 cm³/mol. The highest BCUT2D eigenvalue weighted by molar-refractivity contribution is 9.10. The Morgan fingerprint density at radius 2 is 1.67 bits per heavy atom. The first-order chi connectivity index (χ1) is 13.0. The lowest BCUT2D eigenvalue weighted by atomic mass is 9.94. The molecule has 1 heterocycles. The smallest absolute Gasteiger partial charge is 0.412 e. The van der Waals surface area contributed by atoms with E-state index in [9.17, 15) is 4.79 Å². The van der Waals surface area contributed by atoms with Gasteiger partial charge in [0, 0.05) is 26.5 Å². The Hall–Kier alpha value is -2.73. The Kier molecular flexibility index (Phi) is 4.44. The molecule has 1 unspecified atom stereocenters. The molecule has 138 valence electrons. The van der Waals surface area contributed by atoms with Crippen LogP contribution in [0, 0.1) is 6.92 Å². The average Bonchev–Trinajstić information content (AvgIpc) is 2.68. The minimum absolute atomic E-state index is 0.488. The van der Waals surface area contributed by atoms with Crippen molar-refractivity contribution in [3.8, 4) is 11.5 Å². The fraction of sp³-hybridized carbons (Fsp3) is 0.190. The third kappa shape index (κ3) is 2.90. The summed E-state index contributed by atoms with van der Waals surface area (Å²) in [4.78, 5) is 12.3. The maximum atomic E-state index is 12.3. The van der Waals surface area contributed by atoms with Gasteiger partial charge in [0.25, 0.3) is 0 Å². The zero-order chi connectivity index (χ0) is 19.1. The number of fused-ring (bicyclic) bond motifs is 3. The Balaban J connectivity index is 1.96. The molecule has 1 aliphatic rings. The number of nitrogens with one attached hydrogen (secondary N) is 1. The number of hydrogen-bond acceptors (Lipinski definition) is 4. The SMILES string of the molecule is COc1cc(C2OC(=O)Nc3c2cc(Br)c2ccccc32)cc(OC)c1C. The molecule has 4 rings (SSSR count). The second-order valence-corrected chi connectivity index (χ2v) is 7.18. The van der Waals surface area contributed by atoms with Gasteiger partial charge in [-0.05, 0) is 30.5 Å². The number of halogens is 1. The van der Waals surface area contributed by atoms with Crippen LogP contribution in [0.4, 0.5) is 10.5 Å². The second kappa shape index (κ2) is 6.78. The van der Waals surface area contributed by atoms with Gasteiger partial charge in [0.2, 0.25) is 0 Å². The van der Waals surface area contributed by atoms with Crippen LogP contribution in [0.25, 0.3) is 10.8 Å². The molecule has 27 heavy (non-hydrogen) atoms. The molecule has 0 saturated carbocycles. The number of rotatable bonds is 3. The molecule has 5 nitrogen and oxygen atoms in total. The standard InChI is InChI=1S/C21H18BrNO4/c1-11-17(25-2)8-12(9-18(11)26-3)20-15-10-16(22)13-6-4-5-7-14(13)19(15)23-21(24)27-20/h4-10,20H,1-3H3,(H,23,24). The summed E-state index contributed by atoms with van der Waals surface area (Å²) in [5.74, 6) is 1.36. The van der Waals surface area contributed by atoms with Gasteiger partial charge in [-0.25, -0.2) is 4.79 Å². The van der Waals surface area contributed by atoms with Crippen molar-refractivity contribution in [1.82, 2.24) is 0 Å². The Morgan fingerprint density at radius 1 is 1.04 bits per heavy atom. The minimum atomic E-state index is -0.571. The third-order valence-corrected chi connectivity index (χ3v) is 5.49. The van der Waals surface area contributed by atoms with Gasteiger partial charge in [-0.15, -0.1) is 0 Å². The molecule has 3 aromatic carbocycles. The van der Waals surface area contributed by atoms with Gasteiger partial charge in [0.05, 0.1) is 19.9 Å². The summed E-state index contributed by atoms with van der Waals surface area (Å²) >= 11 is 3.64. The first-order valence-electron chi connectivity index (χ1n) is 8.44. The molecule has 3 aromatic rings. The lowest BCUT2D eigenvalue weighted by Crippen LogP contribution is -2.25. The van der Waals surface area contributed by atoms with E-state index in [0.717, 1.165) is 37.6 Å². The molecule has 0 radical (unpaired) electrons. The topological polar surface area (TPSA) is 56.8 Å². The van der Waals surface area contributed by atoms with Gasteiger partial charge in [-0.3, -0.25) is 5.32 Å². The van der Waals surface area contributed by atoms with Crippen molar-refractivity contribution in [3.05, 3.63) is 63.6 Å². The lowest BCUT2D eigenvalue weighted by molar-refractivity contribution is 0.126. The van der Waals surface area contributed by atoms with Crippen LogP contribution in [0.3, 0.4) is 0 Å². The van der Waals surface area contributed by atoms with Crippen LogP contribution < -0.4 is 14.8 Å². The van der Waals surface area contributed by atoms with E-state index in [1.165, 1.54) is 0 Å². The number of carbonyl (C=O) groups is 1. The summed E-state index contributed by atoms with van der Waals surface area (Å²) in [5, 5.41) is 4.83. The highest BCUT2D eigenvalue weighted by atomic mass is 79.9. The van der Waals surface area contributed by atoms with Crippen LogP contribution in [0.15, 0.2) is 46.9 Å². The van der Waals surface area contributed by atoms with Crippen LogP contribution >= 0.6 is 15.9 Å². The molecule has 0 aromatic heterocycles. The second-order valence-electron chi connectivity index (χ2n) is 6.33. The molecule has 1 N–H and O–H groups in total. The molecular formula is C21H18BrNO4. The molecule has 0 spiro atoms. The van der Waals surface area contributed by atoms with E-state index in [-0.39, 0.29) is 0 Å². The molecule has 0 aliphatic carbocycles. The number of ether oxygens (including phenoxy) is 3. The molecule has 1 aliphatic heterocycles. The normalized spacial score (nSPS) is 15.7. The molecule has 1 amide bonds. The monoisotopic (exact) mass is 427 g/mol. The largest absolute Gasteiger partial charge is 0.496 e. The maximum Gasteiger partial charge on any atom is 0.412 e. The van der Waals surface area contributed by atoms with Crippen molar-refractivity contribution < 1.29 is 19.0 Å². The summed E-state index contributed by atoms with van der Waals surface area (Å²) in [5.41, 5.74) is 3.30. The molecule has 1 atom stereocenters. The minimum Gasteiger partial charge on any atom is -0.496 e. The number of hydrogen-bond donors (Lipinski definition) is 1. The Bertz CT molecular complexity index is 1040. The van der Waals surface area contributed by atoms with Gasteiger partial charge in [0.1, 0.15) is 11.5 Å². The number of benzene rings is 3. The predicted octanol–water partition coefficient (Wildman–Crippen LogP) is 5.58. The highest BCUT2D eigenvalue weighted by Crippen LogP contribution is 2.44. The first-order valence-corrected chi connectivity index (χ1v) is 9.24. The number of carbonyl (C=O) groups excluding carboxylic acids is 1. The highest BCUT2D eigenvalue weighted by Gasteiger charge is 2.31. The summed E-state index contributed by atoms with van der Waals surface area (Å²) in [7, 11) is 3.22. The van der Waals surface area contributed by atoms with Crippen molar-refractivity contribution in [2.24, 2.45) is 0 Å². The van der Waals surface area contributed by atoms with Crippen molar-refractivity contribution in [2.45, 2.75) is 13.0 Å². The molecule has 0 saturated heterocycles. The fourth-order valence-corrected chi connectivity index (χ4v) is 4.10. The molecule has 6 heteroatoms. The van der Waals surface area contributed by atoms with E-state index in [2.05, 4.69) is 21.2 Å². The quantitative estimate of drug-likeness (QED) is 0.592. The van der Waals surface area contributed by atoms with Crippen molar-refractivity contribution in [1.29, 1.82) is 0 Å². The zero-order valence-corrected chi connectivity index (χ0v) is 16.7. The van der Waals surface area contributed by atoms with Crippen LogP contribution in [-0.2, 0) is 4.74 Å². The van der Waals surface area contributed by atoms with Crippen molar-refractivity contribution in [3.63, 3.8) is 0 Å². The molecular weight excluding hydrogens is 410 g/mol. The fourth-order valence-electron chi connectivity index (χ4n) is 3.51. The Labute approximate surface area is 165 Å². The van der Waals surface area contributed by atoms with Gasteiger partial charge >= 0.3 is 6.09 Å². The number of anilines is 1. The summed E-state index contributed by atoms with van der Waals surface area (Å²) < 4.78 is 17.6. The van der Waals surface area contributed by atoms with Gasteiger partial charge in [-0.2, -0.15) is 0 Å². The van der Waals surface area contributed by atoms with Crippen LogP contribution in [0.2, 0.25) is 0 Å². The van der Waals surface area contributed by atoms with E-state index >= 15 is 0 Å². The van der Waals surface area contributed by atoms with Gasteiger partial charge in [0.15, 0.2) is 6.10 Å². The van der Waals surface area contributed by atoms with Crippen LogP contribution in [0.1, 0.15) is 22.8 Å². The molecule has 0 bridgehead atoms. The summed E-state index contributed by atoms with van der Waals surface area (Å²) in [6.45, 7) is 1.92. The van der Waals surface area contributed by atoms with Crippen LogP contribution in [-0.4, -0.2) is 20.3 Å². The van der Waals surface area contributed by atoms with Crippen molar-refractivity contribution in [2.75, 3.05) is 19.5 Å². The van der Waals surface area contributed by atoms with E-state index < -0.39 is 12.2 Å². The molecule has 0 fully saturated rings. The third-order valence-electron chi connectivity index (χ3n) is 4.84.